The van der Waals surface area contributed by atoms with Gasteiger partial charge in [0, 0.05) is 5.69 Å². The number of para-hydroxylation sites is 1. The molecule has 148 valence electrons. The lowest BCUT2D eigenvalue weighted by Crippen LogP contribution is -2.46. The minimum Gasteiger partial charge on any atom is -0.492 e. The number of nitrogens with zero attached hydrogens (tertiary/aromatic N) is 1. The molecule has 1 atom stereocenters. The average molecular weight is 394 g/mol. The molecule has 0 saturated heterocycles. The molecule has 1 unspecified atom stereocenters. The first-order valence-electron chi connectivity index (χ1n) is 8.44. The molecule has 9 heteroatoms. The Labute approximate surface area is 158 Å². The van der Waals surface area contributed by atoms with Gasteiger partial charge in [0.1, 0.15) is 18.1 Å². The Morgan fingerprint density at radius 3 is 2.61 bits per heavy atom. The lowest BCUT2D eigenvalue weighted by molar-refractivity contribution is -0.167. The number of fused-ring (bicyclic) bond motifs is 1. The normalized spacial score (nSPS) is 16.2. The summed E-state index contributed by atoms with van der Waals surface area (Å²) in [6.45, 7) is 1.90. The van der Waals surface area contributed by atoms with E-state index >= 15 is 0 Å². The monoisotopic (exact) mass is 394 g/mol. The highest BCUT2D eigenvalue weighted by molar-refractivity contribution is 6.01. The van der Waals surface area contributed by atoms with E-state index < -0.39 is 18.2 Å². The molecule has 0 aliphatic carbocycles. The van der Waals surface area contributed by atoms with Crippen LogP contribution in [-0.4, -0.2) is 37.2 Å². The Morgan fingerprint density at radius 2 is 1.93 bits per heavy atom. The van der Waals surface area contributed by atoms with Gasteiger partial charge in [0.05, 0.1) is 12.2 Å². The first-order valence-corrected chi connectivity index (χ1v) is 8.44. The standard InChI is InChI=1S/C19H17F3N2O4/c1-12-17(25)24(9-10-27-14-5-3-2-4-6-14)15-11-13(7-8-16(15)28-12)23-18(26)19(20,21)22/h2-8,11-12H,9-10H2,1H3,(H,23,26). The Morgan fingerprint density at radius 1 is 1.21 bits per heavy atom. The molecular formula is C19H17F3N2O4. The maximum absolute atomic E-state index is 12.5. The molecular weight excluding hydrogens is 377 g/mol. The summed E-state index contributed by atoms with van der Waals surface area (Å²) in [4.78, 5) is 25.0. The number of alkyl halides is 3. The highest BCUT2D eigenvalue weighted by Gasteiger charge is 2.39. The molecule has 28 heavy (non-hydrogen) atoms. The van der Waals surface area contributed by atoms with Gasteiger partial charge in [-0.05, 0) is 37.3 Å². The third-order valence-electron chi connectivity index (χ3n) is 4.01. The molecule has 0 aromatic heterocycles. The molecule has 1 aliphatic heterocycles. The van der Waals surface area contributed by atoms with Crippen LogP contribution >= 0.6 is 0 Å². The Bertz CT molecular complexity index is 871. The minimum absolute atomic E-state index is 0.0963. The fraction of sp³-hybridized carbons (Fsp3) is 0.263. The summed E-state index contributed by atoms with van der Waals surface area (Å²) in [7, 11) is 0. The Kier molecular flexibility index (Phi) is 5.43. The SMILES string of the molecule is CC1Oc2ccc(NC(=O)C(F)(F)F)cc2N(CCOc2ccccc2)C1=O. The van der Waals surface area contributed by atoms with E-state index in [1.807, 2.05) is 18.2 Å². The van der Waals surface area contributed by atoms with Gasteiger partial charge in [-0.2, -0.15) is 13.2 Å². The summed E-state index contributed by atoms with van der Waals surface area (Å²) >= 11 is 0. The molecule has 0 radical (unpaired) electrons. The Hall–Kier alpha value is -3.23. The average Bonchev–Trinajstić information content (AvgIpc) is 2.65. The van der Waals surface area contributed by atoms with Crippen molar-refractivity contribution in [1.29, 1.82) is 0 Å². The summed E-state index contributed by atoms with van der Waals surface area (Å²) in [6.07, 6.45) is -5.76. The number of nitrogens with one attached hydrogen (secondary N) is 1. The second kappa shape index (κ2) is 7.79. The zero-order valence-electron chi connectivity index (χ0n) is 14.8. The minimum atomic E-state index is -5.01. The van der Waals surface area contributed by atoms with Crippen LogP contribution in [0.5, 0.6) is 11.5 Å². The predicted molar refractivity (Wildman–Crippen MR) is 95.5 cm³/mol. The summed E-state index contributed by atoms with van der Waals surface area (Å²) < 4.78 is 48.5. The molecule has 2 aromatic carbocycles. The summed E-state index contributed by atoms with van der Waals surface area (Å²) in [5.74, 6) is -1.49. The number of hydrogen-bond acceptors (Lipinski definition) is 4. The number of rotatable bonds is 5. The fourth-order valence-corrected chi connectivity index (χ4v) is 2.69. The van der Waals surface area contributed by atoms with Gasteiger partial charge in [-0.3, -0.25) is 9.59 Å². The number of amides is 2. The van der Waals surface area contributed by atoms with Crippen LogP contribution in [0, 0.1) is 0 Å². The highest BCUT2D eigenvalue weighted by atomic mass is 19.4. The third kappa shape index (κ3) is 4.36. The molecule has 3 rings (SSSR count). The number of anilines is 2. The third-order valence-corrected chi connectivity index (χ3v) is 4.01. The van der Waals surface area contributed by atoms with E-state index in [9.17, 15) is 22.8 Å². The summed E-state index contributed by atoms with van der Waals surface area (Å²) in [5.41, 5.74) is 0.167. The van der Waals surface area contributed by atoms with Crippen LogP contribution in [0.3, 0.4) is 0 Å². The number of benzene rings is 2. The van der Waals surface area contributed by atoms with Crippen molar-refractivity contribution in [1.82, 2.24) is 0 Å². The highest BCUT2D eigenvalue weighted by Crippen LogP contribution is 2.36. The van der Waals surface area contributed by atoms with E-state index in [0.717, 1.165) is 0 Å². The first kappa shape index (κ1) is 19.5. The quantitative estimate of drug-likeness (QED) is 0.844. The van der Waals surface area contributed by atoms with Crippen LogP contribution in [0.4, 0.5) is 24.5 Å². The molecule has 1 N–H and O–H groups in total. The van der Waals surface area contributed by atoms with Crippen molar-refractivity contribution in [3.8, 4) is 11.5 Å². The lowest BCUT2D eigenvalue weighted by Gasteiger charge is -2.33. The largest absolute Gasteiger partial charge is 0.492 e. The van der Waals surface area contributed by atoms with E-state index in [4.69, 9.17) is 9.47 Å². The second-order valence-electron chi connectivity index (χ2n) is 6.05. The molecule has 2 amide bonds. The Balaban J connectivity index is 1.78. The van der Waals surface area contributed by atoms with E-state index in [2.05, 4.69) is 0 Å². The zero-order chi connectivity index (χ0) is 20.3. The van der Waals surface area contributed by atoms with Crippen molar-refractivity contribution in [2.75, 3.05) is 23.4 Å². The van der Waals surface area contributed by atoms with Gasteiger partial charge in [-0.15, -0.1) is 0 Å². The van der Waals surface area contributed by atoms with Crippen LogP contribution < -0.4 is 19.7 Å². The van der Waals surface area contributed by atoms with Gasteiger partial charge < -0.3 is 19.7 Å². The lowest BCUT2D eigenvalue weighted by atomic mass is 10.1. The molecule has 0 fully saturated rings. The van der Waals surface area contributed by atoms with Gasteiger partial charge in [0.25, 0.3) is 5.91 Å². The molecule has 6 nitrogen and oxygen atoms in total. The molecule has 1 aliphatic rings. The summed E-state index contributed by atoms with van der Waals surface area (Å²) in [5, 5.41) is 1.77. The molecule has 0 saturated carbocycles. The van der Waals surface area contributed by atoms with Crippen molar-refractivity contribution in [2.24, 2.45) is 0 Å². The second-order valence-corrected chi connectivity index (χ2v) is 6.05. The van der Waals surface area contributed by atoms with Crippen molar-refractivity contribution in [3.63, 3.8) is 0 Å². The van der Waals surface area contributed by atoms with E-state index in [-0.39, 0.29) is 30.4 Å². The number of carbonyl (C=O) groups excluding carboxylic acids is 2. The molecule has 1 heterocycles. The van der Waals surface area contributed by atoms with Gasteiger partial charge in [-0.1, -0.05) is 18.2 Å². The van der Waals surface area contributed by atoms with Gasteiger partial charge in [0.2, 0.25) is 0 Å². The van der Waals surface area contributed by atoms with Gasteiger partial charge in [0.15, 0.2) is 6.10 Å². The van der Waals surface area contributed by atoms with E-state index in [0.29, 0.717) is 11.5 Å². The van der Waals surface area contributed by atoms with E-state index in [1.165, 1.54) is 23.1 Å². The number of halogens is 3. The molecule has 0 bridgehead atoms. The van der Waals surface area contributed by atoms with Crippen molar-refractivity contribution in [2.45, 2.75) is 19.2 Å². The van der Waals surface area contributed by atoms with Crippen LogP contribution in [0.25, 0.3) is 0 Å². The van der Waals surface area contributed by atoms with Gasteiger partial charge in [-0.25, -0.2) is 0 Å². The molecule has 2 aromatic rings. The fourth-order valence-electron chi connectivity index (χ4n) is 2.69. The number of ether oxygens (including phenoxy) is 2. The smallest absolute Gasteiger partial charge is 0.471 e. The van der Waals surface area contributed by atoms with Gasteiger partial charge >= 0.3 is 12.1 Å². The molecule has 0 spiro atoms. The van der Waals surface area contributed by atoms with Crippen LogP contribution in [0.2, 0.25) is 0 Å². The zero-order valence-corrected chi connectivity index (χ0v) is 14.8. The first-order chi connectivity index (χ1) is 13.3. The maximum Gasteiger partial charge on any atom is 0.471 e. The van der Waals surface area contributed by atoms with Crippen LogP contribution in [0.1, 0.15) is 6.92 Å². The van der Waals surface area contributed by atoms with Crippen molar-refractivity contribution in [3.05, 3.63) is 48.5 Å². The van der Waals surface area contributed by atoms with Crippen molar-refractivity contribution >= 4 is 23.2 Å². The topological polar surface area (TPSA) is 67.9 Å². The number of carbonyl (C=O) groups is 2. The van der Waals surface area contributed by atoms with Crippen LogP contribution in [0.15, 0.2) is 48.5 Å². The van der Waals surface area contributed by atoms with E-state index in [1.54, 1.807) is 24.4 Å². The maximum atomic E-state index is 12.5. The summed E-state index contributed by atoms with van der Waals surface area (Å²) in [6, 6.07) is 13.0. The number of hydrogen-bond donors (Lipinski definition) is 1. The van der Waals surface area contributed by atoms with Crippen molar-refractivity contribution < 1.29 is 32.2 Å². The predicted octanol–water partition coefficient (Wildman–Crippen LogP) is 3.38. The van der Waals surface area contributed by atoms with Crippen LogP contribution in [-0.2, 0) is 9.59 Å².